The fourth-order valence-corrected chi connectivity index (χ4v) is 2.10. The molecule has 0 heterocycles. The normalized spacial score (nSPS) is 11.9. The van der Waals surface area contributed by atoms with Crippen molar-refractivity contribution in [3.8, 4) is 0 Å². The summed E-state index contributed by atoms with van der Waals surface area (Å²) < 4.78 is 13.6. The van der Waals surface area contributed by atoms with Crippen LogP contribution in [0.15, 0.2) is 48.5 Å². The van der Waals surface area contributed by atoms with Gasteiger partial charge in [-0.15, -0.1) is 0 Å². The number of carbonyl (C=O) groups excluding carboxylic acids is 1. The predicted octanol–water partition coefficient (Wildman–Crippen LogP) is 4.02. The monoisotopic (exact) mass is 271 g/mol. The van der Waals surface area contributed by atoms with Gasteiger partial charge in [-0.25, -0.2) is 4.39 Å². The van der Waals surface area contributed by atoms with E-state index in [1.54, 1.807) is 12.1 Å². The molecule has 1 unspecified atom stereocenters. The molecular formula is C17H18FNO. The van der Waals surface area contributed by atoms with Crippen LogP contribution in [-0.4, -0.2) is 5.91 Å². The molecule has 1 N–H and O–H groups in total. The fraction of sp³-hybridized carbons (Fsp3) is 0.235. The number of hydrogen-bond acceptors (Lipinski definition) is 1. The fourth-order valence-electron chi connectivity index (χ4n) is 2.10. The molecule has 0 aliphatic heterocycles. The predicted molar refractivity (Wildman–Crippen MR) is 78.1 cm³/mol. The Morgan fingerprint density at radius 2 is 1.80 bits per heavy atom. The molecule has 0 fully saturated rings. The molecule has 0 saturated heterocycles. The quantitative estimate of drug-likeness (QED) is 0.894. The van der Waals surface area contributed by atoms with Gasteiger partial charge in [0, 0.05) is 0 Å². The maximum atomic E-state index is 13.6. The van der Waals surface area contributed by atoms with Crippen molar-refractivity contribution in [1.29, 1.82) is 0 Å². The van der Waals surface area contributed by atoms with Crippen LogP contribution in [0.1, 0.15) is 40.9 Å². The summed E-state index contributed by atoms with van der Waals surface area (Å²) in [6.45, 7) is 4.01. The second-order valence-corrected chi connectivity index (χ2v) is 4.82. The van der Waals surface area contributed by atoms with Crippen LogP contribution in [0.25, 0.3) is 0 Å². The Balaban J connectivity index is 2.16. The van der Waals surface area contributed by atoms with Crippen LogP contribution in [0.5, 0.6) is 0 Å². The highest BCUT2D eigenvalue weighted by molar-refractivity contribution is 5.94. The van der Waals surface area contributed by atoms with Crippen molar-refractivity contribution in [2.75, 3.05) is 0 Å². The van der Waals surface area contributed by atoms with Gasteiger partial charge in [0.25, 0.3) is 5.91 Å². The smallest absolute Gasteiger partial charge is 0.254 e. The van der Waals surface area contributed by atoms with E-state index in [-0.39, 0.29) is 17.5 Å². The first-order valence-corrected chi connectivity index (χ1v) is 6.73. The third-order valence-electron chi connectivity index (χ3n) is 3.31. The van der Waals surface area contributed by atoms with E-state index in [0.717, 1.165) is 12.0 Å². The van der Waals surface area contributed by atoms with Crippen LogP contribution < -0.4 is 5.32 Å². The van der Waals surface area contributed by atoms with Gasteiger partial charge < -0.3 is 5.32 Å². The Morgan fingerprint density at radius 1 is 1.15 bits per heavy atom. The lowest BCUT2D eigenvalue weighted by atomic mass is 10.0. The van der Waals surface area contributed by atoms with Gasteiger partial charge in [-0.1, -0.05) is 48.9 Å². The van der Waals surface area contributed by atoms with E-state index in [2.05, 4.69) is 5.32 Å². The maximum Gasteiger partial charge on any atom is 0.254 e. The van der Waals surface area contributed by atoms with Gasteiger partial charge in [0.15, 0.2) is 0 Å². The van der Waals surface area contributed by atoms with Crippen LogP contribution in [-0.2, 0) is 0 Å². The summed E-state index contributed by atoms with van der Waals surface area (Å²) in [7, 11) is 0. The average molecular weight is 271 g/mol. The molecule has 1 amide bonds. The van der Waals surface area contributed by atoms with E-state index in [1.165, 1.54) is 17.7 Å². The van der Waals surface area contributed by atoms with Crippen molar-refractivity contribution in [3.05, 3.63) is 71.0 Å². The summed E-state index contributed by atoms with van der Waals surface area (Å²) >= 11 is 0. The second-order valence-electron chi connectivity index (χ2n) is 4.82. The Morgan fingerprint density at radius 3 is 2.40 bits per heavy atom. The Hall–Kier alpha value is -2.16. The summed E-state index contributed by atoms with van der Waals surface area (Å²) in [4.78, 5) is 12.1. The van der Waals surface area contributed by atoms with Gasteiger partial charge in [0.2, 0.25) is 0 Å². The molecule has 0 aliphatic rings. The Kier molecular flexibility index (Phi) is 4.51. The first-order chi connectivity index (χ1) is 9.61. The van der Waals surface area contributed by atoms with E-state index in [1.807, 2.05) is 38.1 Å². The van der Waals surface area contributed by atoms with Crippen molar-refractivity contribution in [3.63, 3.8) is 0 Å². The Bertz CT molecular complexity index is 592. The van der Waals surface area contributed by atoms with E-state index < -0.39 is 5.82 Å². The highest BCUT2D eigenvalue weighted by Gasteiger charge is 2.16. The number of amides is 1. The third-order valence-corrected chi connectivity index (χ3v) is 3.31. The molecule has 3 heteroatoms. The molecule has 1 atom stereocenters. The number of carbonyl (C=O) groups is 1. The van der Waals surface area contributed by atoms with E-state index in [9.17, 15) is 9.18 Å². The molecule has 0 spiro atoms. The van der Waals surface area contributed by atoms with Gasteiger partial charge in [-0.05, 0) is 31.0 Å². The molecule has 0 bridgehead atoms. The van der Waals surface area contributed by atoms with Gasteiger partial charge in [0.1, 0.15) is 5.82 Å². The molecule has 0 aromatic heterocycles. The average Bonchev–Trinajstić information content (AvgIpc) is 2.46. The second kappa shape index (κ2) is 6.33. The van der Waals surface area contributed by atoms with E-state index >= 15 is 0 Å². The highest BCUT2D eigenvalue weighted by Crippen LogP contribution is 2.18. The first-order valence-electron chi connectivity index (χ1n) is 6.73. The first kappa shape index (κ1) is 14.3. The molecular weight excluding hydrogens is 253 g/mol. The van der Waals surface area contributed by atoms with Crippen LogP contribution in [0.2, 0.25) is 0 Å². The summed E-state index contributed by atoms with van der Waals surface area (Å²) in [5.74, 6) is -0.876. The number of benzene rings is 2. The lowest BCUT2D eigenvalue weighted by Crippen LogP contribution is -2.28. The summed E-state index contributed by atoms with van der Waals surface area (Å²) in [6, 6.07) is 13.9. The third kappa shape index (κ3) is 3.23. The maximum absolute atomic E-state index is 13.6. The number of nitrogens with one attached hydrogen (secondary N) is 1. The molecule has 0 saturated carbocycles. The highest BCUT2D eigenvalue weighted by atomic mass is 19.1. The van der Waals surface area contributed by atoms with Crippen LogP contribution in [0, 0.1) is 12.7 Å². The molecule has 2 nitrogen and oxygen atoms in total. The van der Waals surface area contributed by atoms with Gasteiger partial charge in [-0.3, -0.25) is 4.79 Å². The minimum atomic E-state index is -0.497. The van der Waals surface area contributed by atoms with Crippen LogP contribution in [0.4, 0.5) is 4.39 Å². The largest absolute Gasteiger partial charge is 0.345 e. The van der Waals surface area contributed by atoms with Crippen molar-refractivity contribution >= 4 is 5.91 Å². The van der Waals surface area contributed by atoms with Crippen molar-refractivity contribution < 1.29 is 9.18 Å². The molecule has 0 radical (unpaired) electrons. The lowest BCUT2D eigenvalue weighted by Gasteiger charge is -2.18. The number of aryl methyl sites for hydroxylation is 1. The molecule has 20 heavy (non-hydrogen) atoms. The molecule has 2 aromatic carbocycles. The van der Waals surface area contributed by atoms with Gasteiger partial charge in [0.05, 0.1) is 11.6 Å². The lowest BCUT2D eigenvalue weighted by molar-refractivity contribution is 0.0931. The van der Waals surface area contributed by atoms with Crippen molar-refractivity contribution in [2.24, 2.45) is 0 Å². The summed E-state index contributed by atoms with van der Waals surface area (Å²) in [5.41, 5.74) is 2.28. The number of hydrogen-bond donors (Lipinski definition) is 1. The minimum Gasteiger partial charge on any atom is -0.345 e. The van der Waals surface area contributed by atoms with Crippen LogP contribution in [0.3, 0.4) is 0 Å². The van der Waals surface area contributed by atoms with E-state index in [0.29, 0.717) is 0 Å². The Labute approximate surface area is 118 Å². The van der Waals surface area contributed by atoms with Gasteiger partial charge in [-0.2, -0.15) is 0 Å². The molecule has 104 valence electrons. The minimum absolute atomic E-state index is 0.0815. The summed E-state index contributed by atoms with van der Waals surface area (Å²) in [5, 5.41) is 2.88. The molecule has 0 aliphatic carbocycles. The number of halogens is 1. The topological polar surface area (TPSA) is 29.1 Å². The standard InChI is InChI=1S/C17H18FNO/c1-3-16(13-10-8-12(2)9-11-13)19-17(20)14-6-4-5-7-15(14)18/h4-11,16H,3H2,1-2H3,(H,19,20). The summed E-state index contributed by atoms with van der Waals surface area (Å²) in [6.07, 6.45) is 0.753. The zero-order valence-electron chi connectivity index (χ0n) is 11.7. The van der Waals surface area contributed by atoms with E-state index in [4.69, 9.17) is 0 Å². The zero-order chi connectivity index (χ0) is 14.5. The molecule has 2 rings (SSSR count). The van der Waals surface area contributed by atoms with Crippen molar-refractivity contribution in [1.82, 2.24) is 5.32 Å². The van der Waals surface area contributed by atoms with Crippen LogP contribution >= 0.6 is 0 Å². The van der Waals surface area contributed by atoms with Crippen molar-refractivity contribution in [2.45, 2.75) is 26.3 Å². The van der Waals surface area contributed by atoms with Gasteiger partial charge >= 0.3 is 0 Å². The SMILES string of the molecule is CCC(NC(=O)c1ccccc1F)c1ccc(C)cc1. The number of rotatable bonds is 4. The zero-order valence-corrected chi connectivity index (χ0v) is 11.7. The molecule has 2 aromatic rings.